The molecule has 0 amide bonds. The molecule has 3 rings (SSSR count). The van der Waals surface area contributed by atoms with Gasteiger partial charge in [-0.3, -0.25) is 0 Å². The fraction of sp³-hybridized carbons (Fsp3) is 0.333. The molecule has 1 saturated heterocycles. The van der Waals surface area contributed by atoms with E-state index in [0.29, 0.717) is 17.2 Å². The van der Waals surface area contributed by atoms with Gasteiger partial charge in [-0.05, 0) is 43.2 Å². The van der Waals surface area contributed by atoms with Crippen LogP contribution in [0.5, 0.6) is 5.75 Å². The van der Waals surface area contributed by atoms with Gasteiger partial charge >= 0.3 is 0 Å². The minimum absolute atomic E-state index is 0.0514. The van der Waals surface area contributed by atoms with E-state index in [1.807, 2.05) is 25.1 Å². The predicted octanol–water partition coefficient (Wildman–Crippen LogP) is 3.26. The van der Waals surface area contributed by atoms with Gasteiger partial charge in [0.1, 0.15) is 5.75 Å². The van der Waals surface area contributed by atoms with Crippen molar-refractivity contribution >= 4 is 10.0 Å². The lowest BCUT2D eigenvalue weighted by Crippen LogP contribution is -2.35. The zero-order chi connectivity index (χ0) is 16.4. The van der Waals surface area contributed by atoms with Crippen molar-refractivity contribution < 1.29 is 13.2 Å². The average molecular weight is 331 g/mol. The van der Waals surface area contributed by atoms with Crippen molar-refractivity contribution in [3.05, 3.63) is 60.2 Å². The zero-order valence-corrected chi connectivity index (χ0v) is 14.2. The van der Waals surface area contributed by atoms with Crippen molar-refractivity contribution in [2.45, 2.75) is 30.2 Å². The van der Waals surface area contributed by atoms with Gasteiger partial charge in [0.15, 0.2) is 0 Å². The maximum absolute atomic E-state index is 12.9. The molecule has 23 heavy (non-hydrogen) atoms. The van der Waals surface area contributed by atoms with Crippen LogP contribution in [0, 0.1) is 0 Å². The van der Waals surface area contributed by atoms with E-state index in [4.69, 9.17) is 4.74 Å². The highest BCUT2D eigenvalue weighted by atomic mass is 32.2. The molecule has 122 valence electrons. The molecular formula is C18H21NO3S. The molecule has 2 atom stereocenters. The summed E-state index contributed by atoms with van der Waals surface area (Å²) in [5.74, 6) is 0.893. The molecule has 1 aliphatic rings. The van der Waals surface area contributed by atoms with E-state index in [1.165, 1.54) is 5.56 Å². The molecule has 0 bridgehead atoms. The summed E-state index contributed by atoms with van der Waals surface area (Å²) in [6.45, 7) is 2.54. The quantitative estimate of drug-likeness (QED) is 0.864. The standard InChI is InChI=1S/C18H21NO3S/c1-14-18(15-6-4-3-5-7-15)12-13-19(14)23(20,21)17-10-8-16(22-2)9-11-17/h3-11,14,18H,12-13H2,1-2H3. The van der Waals surface area contributed by atoms with E-state index in [0.717, 1.165) is 6.42 Å². The van der Waals surface area contributed by atoms with Gasteiger partial charge in [0.05, 0.1) is 12.0 Å². The van der Waals surface area contributed by atoms with Crippen LogP contribution in [0.15, 0.2) is 59.5 Å². The molecule has 0 aliphatic carbocycles. The van der Waals surface area contributed by atoms with Gasteiger partial charge in [-0.1, -0.05) is 30.3 Å². The Hall–Kier alpha value is -1.85. The lowest BCUT2D eigenvalue weighted by molar-refractivity contribution is 0.393. The molecule has 0 saturated carbocycles. The number of methoxy groups -OCH3 is 1. The van der Waals surface area contributed by atoms with Crippen molar-refractivity contribution in [3.8, 4) is 5.75 Å². The summed E-state index contributed by atoms with van der Waals surface area (Å²) in [6.07, 6.45) is 0.848. The lowest BCUT2D eigenvalue weighted by Gasteiger charge is -2.24. The second kappa shape index (κ2) is 6.34. The molecule has 2 unspecified atom stereocenters. The number of hydrogen-bond acceptors (Lipinski definition) is 3. The first-order chi connectivity index (χ1) is 11.0. The Morgan fingerprint density at radius 1 is 1.04 bits per heavy atom. The highest BCUT2D eigenvalue weighted by Crippen LogP contribution is 2.36. The van der Waals surface area contributed by atoms with Crippen LogP contribution >= 0.6 is 0 Å². The first-order valence-electron chi connectivity index (χ1n) is 7.75. The van der Waals surface area contributed by atoms with Crippen LogP contribution in [-0.2, 0) is 10.0 Å². The van der Waals surface area contributed by atoms with Gasteiger partial charge in [0, 0.05) is 18.5 Å². The van der Waals surface area contributed by atoms with Crippen LogP contribution in [0.1, 0.15) is 24.8 Å². The Morgan fingerprint density at radius 3 is 2.30 bits per heavy atom. The number of rotatable bonds is 4. The van der Waals surface area contributed by atoms with Gasteiger partial charge in [0.2, 0.25) is 10.0 Å². The first-order valence-corrected chi connectivity index (χ1v) is 9.19. The van der Waals surface area contributed by atoms with E-state index in [-0.39, 0.29) is 12.0 Å². The Balaban J connectivity index is 1.86. The number of benzene rings is 2. The van der Waals surface area contributed by atoms with Gasteiger partial charge in [-0.25, -0.2) is 8.42 Å². The highest BCUT2D eigenvalue weighted by Gasteiger charge is 2.39. The molecule has 2 aromatic carbocycles. The molecule has 1 aliphatic heterocycles. The minimum Gasteiger partial charge on any atom is -0.497 e. The third-order valence-corrected chi connectivity index (χ3v) is 6.59. The SMILES string of the molecule is COc1ccc(S(=O)(=O)N2CCC(c3ccccc3)C2C)cc1. The van der Waals surface area contributed by atoms with Crippen LogP contribution in [0.3, 0.4) is 0 Å². The Kier molecular flexibility index (Phi) is 4.41. The van der Waals surface area contributed by atoms with Crippen LogP contribution in [-0.4, -0.2) is 32.4 Å². The molecule has 1 fully saturated rings. The summed E-state index contributed by atoms with van der Waals surface area (Å²) in [4.78, 5) is 0.318. The summed E-state index contributed by atoms with van der Waals surface area (Å²) in [6, 6.07) is 16.7. The minimum atomic E-state index is -3.48. The Labute approximate surface area is 137 Å². The van der Waals surface area contributed by atoms with Crippen LogP contribution < -0.4 is 4.74 Å². The second-order valence-corrected chi connectivity index (χ2v) is 7.73. The second-order valence-electron chi connectivity index (χ2n) is 5.84. The maximum Gasteiger partial charge on any atom is 0.243 e. The van der Waals surface area contributed by atoms with Crippen LogP contribution in [0.2, 0.25) is 0 Å². The van der Waals surface area contributed by atoms with E-state index in [9.17, 15) is 8.42 Å². The lowest BCUT2D eigenvalue weighted by atomic mass is 9.93. The smallest absolute Gasteiger partial charge is 0.243 e. The van der Waals surface area contributed by atoms with E-state index in [2.05, 4.69) is 12.1 Å². The monoisotopic (exact) mass is 331 g/mol. The van der Waals surface area contributed by atoms with Crippen LogP contribution in [0.4, 0.5) is 0 Å². The topological polar surface area (TPSA) is 46.6 Å². The van der Waals surface area contributed by atoms with Crippen LogP contribution in [0.25, 0.3) is 0 Å². The third kappa shape index (κ3) is 2.99. The van der Waals surface area contributed by atoms with Crippen molar-refractivity contribution in [1.29, 1.82) is 0 Å². The summed E-state index contributed by atoms with van der Waals surface area (Å²) >= 11 is 0. The molecule has 5 heteroatoms. The van der Waals surface area contributed by atoms with Crippen molar-refractivity contribution in [1.82, 2.24) is 4.31 Å². The fourth-order valence-corrected chi connectivity index (χ4v) is 4.96. The van der Waals surface area contributed by atoms with Crippen molar-refractivity contribution in [3.63, 3.8) is 0 Å². The van der Waals surface area contributed by atoms with Crippen molar-refractivity contribution in [2.75, 3.05) is 13.7 Å². The van der Waals surface area contributed by atoms with Gasteiger partial charge < -0.3 is 4.74 Å². The summed E-state index contributed by atoms with van der Waals surface area (Å²) in [5, 5.41) is 0. The summed E-state index contributed by atoms with van der Waals surface area (Å²) < 4.78 is 32.5. The zero-order valence-electron chi connectivity index (χ0n) is 13.3. The Morgan fingerprint density at radius 2 is 1.70 bits per heavy atom. The molecule has 0 radical (unpaired) electrons. The van der Waals surface area contributed by atoms with Crippen molar-refractivity contribution in [2.24, 2.45) is 0 Å². The molecular weight excluding hydrogens is 310 g/mol. The summed E-state index contributed by atoms with van der Waals surface area (Å²) in [7, 11) is -1.91. The predicted molar refractivity (Wildman–Crippen MR) is 90.1 cm³/mol. The molecule has 0 spiro atoms. The average Bonchev–Trinajstić information content (AvgIpc) is 2.98. The molecule has 1 heterocycles. The number of sulfonamides is 1. The largest absolute Gasteiger partial charge is 0.497 e. The first kappa shape index (κ1) is 16.0. The van der Waals surface area contributed by atoms with E-state index < -0.39 is 10.0 Å². The van der Waals surface area contributed by atoms with Gasteiger partial charge in [0.25, 0.3) is 0 Å². The number of nitrogens with zero attached hydrogens (tertiary/aromatic N) is 1. The van der Waals surface area contributed by atoms with Gasteiger partial charge in [-0.15, -0.1) is 0 Å². The molecule has 0 aromatic heterocycles. The normalized spacial score (nSPS) is 22.2. The summed E-state index contributed by atoms with van der Waals surface area (Å²) in [5.41, 5.74) is 1.20. The fourth-order valence-electron chi connectivity index (χ4n) is 3.28. The van der Waals surface area contributed by atoms with Gasteiger partial charge in [-0.2, -0.15) is 4.31 Å². The molecule has 2 aromatic rings. The molecule has 0 N–H and O–H groups in total. The molecule has 4 nitrogen and oxygen atoms in total. The Bertz CT molecular complexity index is 757. The number of ether oxygens (including phenoxy) is 1. The maximum atomic E-state index is 12.9. The number of hydrogen-bond donors (Lipinski definition) is 0. The highest BCUT2D eigenvalue weighted by molar-refractivity contribution is 7.89. The van der Waals surface area contributed by atoms with E-state index in [1.54, 1.807) is 35.7 Å². The third-order valence-electron chi connectivity index (χ3n) is 4.59. The van der Waals surface area contributed by atoms with E-state index >= 15 is 0 Å².